The predicted octanol–water partition coefficient (Wildman–Crippen LogP) is 2.63. The summed E-state index contributed by atoms with van der Waals surface area (Å²) in [5.41, 5.74) is 0. The quantitative estimate of drug-likeness (QED) is 0.551. The van der Waals surface area contributed by atoms with Gasteiger partial charge < -0.3 is 20.3 Å². The third kappa shape index (κ3) is 5.59. The van der Waals surface area contributed by atoms with E-state index in [2.05, 4.69) is 27.4 Å². The molecule has 1 aliphatic heterocycles. The summed E-state index contributed by atoms with van der Waals surface area (Å²) in [6, 6.07) is 7.15. The van der Waals surface area contributed by atoms with Gasteiger partial charge in [-0.05, 0) is 50.3 Å². The maximum absolute atomic E-state index is 13.3. The molecule has 6 heteroatoms. The molecule has 0 aromatic heterocycles. The first-order valence-corrected chi connectivity index (χ1v) is 9.78. The van der Waals surface area contributed by atoms with Crippen molar-refractivity contribution in [1.29, 1.82) is 0 Å². The first-order valence-electron chi connectivity index (χ1n) is 9.78. The van der Waals surface area contributed by atoms with Crippen molar-refractivity contribution >= 4 is 5.96 Å². The Hall–Kier alpha value is -1.82. The average molecular weight is 362 g/mol. The monoisotopic (exact) mass is 362 g/mol. The van der Waals surface area contributed by atoms with E-state index in [1.165, 1.54) is 44.5 Å². The van der Waals surface area contributed by atoms with Gasteiger partial charge in [-0.2, -0.15) is 0 Å². The minimum absolute atomic E-state index is 0.0350. The predicted molar refractivity (Wildman–Crippen MR) is 103 cm³/mol. The molecule has 1 aromatic rings. The van der Waals surface area contributed by atoms with Gasteiger partial charge in [0.2, 0.25) is 0 Å². The van der Waals surface area contributed by atoms with E-state index in [1.807, 2.05) is 0 Å². The van der Waals surface area contributed by atoms with Gasteiger partial charge in [-0.25, -0.2) is 4.39 Å². The molecule has 1 aliphatic carbocycles. The van der Waals surface area contributed by atoms with E-state index >= 15 is 0 Å². The van der Waals surface area contributed by atoms with Gasteiger partial charge in [-0.3, -0.25) is 4.99 Å². The summed E-state index contributed by atoms with van der Waals surface area (Å²) < 4.78 is 19.2. The van der Waals surface area contributed by atoms with E-state index in [1.54, 1.807) is 19.2 Å². The molecule has 2 fully saturated rings. The Bertz CT molecular complexity index is 605. The van der Waals surface area contributed by atoms with E-state index < -0.39 is 0 Å². The minimum atomic E-state index is -0.278. The fourth-order valence-electron chi connectivity index (χ4n) is 3.47. The van der Waals surface area contributed by atoms with Crippen LogP contribution in [-0.4, -0.2) is 56.2 Å². The lowest BCUT2D eigenvalue weighted by atomic mass is 10.1. The van der Waals surface area contributed by atoms with Gasteiger partial charge in [0.05, 0.1) is 6.54 Å². The van der Waals surface area contributed by atoms with Gasteiger partial charge in [0, 0.05) is 32.2 Å². The number of aliphatic imine (C=N–C) groups is 1. The molecular formula is C20H31FN4O. The summed E-state index contributed by atoms with van der Waals surface area (Å²) in [4.78, 5) is 6.94. The molecule has 0 amide bonds. The zero-order valence-electron chi connectivity index (χ0n) is 15.9. The number of ether oxygens (including phenoxy) is 1. The smallest absolute Gasteiger partial charge is 0.191 e. The Morgan fingerprint density at radius 2 is 2.19 bits per heavy atom. The van der Waals surface area contributed by atoms with Crippen LogP contribution in [0.2, 0.25) is 0 Å². The maximum atomic E-state index is 13.3. The minimum Gasteiger partial charge on any atom is -0.489 e. The van der Waals surface area contributed by atoms with Gasteiger partial charge >= 0.3 is 0 Å². The molecule has 0 spiro atoms. The highest BCUT2D eigenvalue weighted by Gasteiger charge is 2.34. The van der Waals surface area contributed by atoms with Crippen molar-refractivity contribution in [2.24, 2.45) is 10.9 Å². The molecule has 2 atom stereocenters. The maximum Gasteiger partial charge on any atom is 0.191 e. The molecule has 1 heterocycles. The summed E-state index contributed by atoms with van der Waals surface area (Å²) in [7, 11) is 1.79. The molecule has 3 rings (SSSR count). The Labute approximate surface area is 156 Å². The van der Waals surface area contributed by atoms with Crippen LogP contribution in [0.4, 0.5) is 4.39 Å². The van der Waals surface area contributed by atoms with Crippen molar-refractivity contribution < 1.29 is 9.13 Å². The second-order valence-corrected chi connectivity index (χ2v) is 7.32. The van der Waals surface area contributed by atoms with E-state index in [0.717, 1.165) is 25.0 Å². The van der Waals surface area contributed by atoms with Crippen molar-refractivity contribution in [2.45, 2.75) is 44.8 Å². The lowest BCUT2D eigenvalue weighted by Gasteiger charge is -2.21. The number of nitrogens with one attached hydrogen (secondary N) is 2. The zero-order chi connectivity index (χ0) is 18.4. The lowest BCUT2D eigenvalue weighted by molar-refractivity contribution is 0.198. The zero-order valence-corrected chi connectivity index (χ0v) is 15.9. The Morgan fingerprint density at radius 3 is 2.88 bits per heavy atom. The highest BCUT2D eigenvalue weighted by atomic mass is 19.1. The Morgan fingerprint density at radius 1 is 1.35 bits per heavy atom. The van der Waals surface area contributed by atoms with Gasteiger partial charge in [0.1, 0.15) is 17.7 Å². The second-order valence-electron chi connectivity index (χ2n) is 7.32. The largest absolute Gasteiger partial charge is 0.489 e. The fourth-order valence-corrected chi connectivity index (χ4v) is 3.47. The summed E-state index contributed by atoms with van der Waals surface area (Å²) >= 11 is 0. The van der Waals surface area contributed by atoms with Crippen molar-refractivity contribution in [1.82, 2.24) is 15.5 Å². The highest BCUT2D eigenvalue weighted by molar-refractivity contribution is 5.79. The Balaban J connectivity index is 1.39. The Kier molecular flexibility index (Phi) is 6.72. The number of likely N-dealkylation sites (tertiary alicyclic amines) is 1. The molecule has 2 N–H and O–H groups in total. The molecular weight excluding hydrogens is 331 g/mol. The highest BCUT2D eigenvalue weighted by Crippen LogP contribution is 2.31. The van der Waals surface area contributed by atoms with E-state index in [-0.39, 0.29) is 11.9 Å². The third-order valence-corrected chi connectivity index (χ3v) is 5.21. The van der Waals surface area contributed by atoms with Crippen LogP contribution < -0.4 is 15.4 Å². The van der Waals surface area contributed by atoms with Crippen LogP contribution in [0.5, 0.6) is 5.75 Å². The number of hydrogen-bond donors (Lipinski definition) is 2. The molecule has 1 aromatic carbocycles. The fraction of sp³-hybridized carbons (Fsp3) is 0.650. The van der Waals surface area contributed by atoms with Gasteiger partial charge in [-0.15, -0.1) is 0 Å². The van der Waals surface area contributed by atoms with Crippen LogP contribution in [0.3, 0.4) is 0 Å². The second kappa shape index (κ2) is 9.21. The molecule has 0 radical (unpaired) electrons. The number of guanidine groups is 1. The van der Waals surface area contributed by atoms with Crippen molar-refractivity contribution in [3.05, 3.63) is 30.1 Å². The third-order valence-electron chi connectivity index (χ3n) is 5.21. The summed E-state index contributed by atoms with van der Waals surface area (Å²) in [6.07, 6.45) is 4.83. The normalized spacial score (nSPS) is 22.3. The number of rotatable bonds is 8. The summed E-state index contributed by atoms with van der Waals surface area (Å²) in [6.45, 7) is 6.08. The molecule has 26 heavy (non-hydrogen) atoms. The molecule has 5 nitrogen and oxygen atoms in total. The first-order chi connectivity index (χ1) is 12.7. The molecule has 2 unspecified atom stereocenters. The number of nitrogens with zero attached hydrogens (tertiary/aromatic N) is 2. The van der Waals surface area contributed by atoms with E-state index in [0.29, 0.717) is 18.2 Å². The molecule has 2 aliphatic rings. The number of hydrogen-bond acceptors (Lipinski definition) is 3. The first kappa shape index (κ1) is 19.0. The topological polar surface area (TPSA) is 48.9 Å². The van der Waals surface area contributed by atoms with Crippen LogP contribution in [-0.2, 0) is 0 Å². The standard InChI is InChI=1S/C20H31FN4O/c1-3-18(26-19-6-4-5-16(21)11-19)13-24-20(22-2)23-12-15-9-10-25(14-15)17-7-8-17/h4-6,11,15,17-18H,3,7-10,12-14H2,1-2H3,(H2,22,23,24). The number of halogens is 1. The average Bonchev–Trinajstić information content (AvgIpc) is 3.39. The van der Waals surface area contributed by atoms with Crippen LogP contribution in [0.1, 0.15) is 32.6 Å². The van der Waals surface area contributed by atoms with Crippen LogP contribution in [0.25, 0.3) is 0 Å². The lowest BCUT2D eigenvalue weighted by Crippen LogP contribution is -2.44. The summed E-state index contributed by atoms with van der Waals surface area (Å²) in [5, 5.41) is 6.77. The molecule has 1 saturated heterocycles. The van der Waals surface area contributed by atoms with Crippen molar-refractivity contribution in [3.8, 4) is 5.75 Å². The molecule has 1 saturated carbocycles. The summed E-state index contributed by atoms with van der Waals surface area (Å²) in [5.74, 6) is 1.78. The van der Waals surface area contributed by atoms with Gasteiger partial charge in [0.25, 0.3) is 0 Å². The van der Waals surface area contributed by atoms with Crippen LogP contribution in [0.15, 0.2) is 29.3 Å². The van der Waals surface area contributed by atoms with E-state index in [4.69, 9.17) is 4.74 Å². The van der Waals surface area contributed by atoms with Gasteiger partial charge in [-0.1, -0.05) is 13.0 Å². The van der Waals surface area contributed by atoms with Crippen molar-refractivity contribution in [3.63, 3.8) is 0 Å². The van der Waals surface area contributed by atoms with Crippen molar-refractivity contribution in [2.75, 3.05) is 33.2 Å². The number of benzene rings is 1. The molecule has 144 valence electrons. The van der Waals surface area contributed by atoms with E-state index in [9.17, 15) is 4.39 Å². The molecule has 0 bridgehead atoms. The van der Waals surface area contributed by atoms with Gasteiger partial charge in [0.15, 0.2) is 5.96 Å². The van der Waals surface area contributed by atoms with Crippen LogP contribution >= 0.6 is 0 Å². The van der Waals surface area contributed by atoms with Crippen LogP contribution in [0, 0.1) is 11.7 Å². The SMILES string of the molecule is CCC(CNC(=NC)NCC1CCN(C2CC2)C1)Oc1cccc(F)c1.